The predicted octanol–water partition coefficient (Wildman–Crippen LogP) is 2.28. The minimum absolute atomic E-state index is 0.245. The smallest absolute Gasteiger partial charge is 0.387 e. The molecular formula is C10H7F3N2O2. The zero-order valence-electron chi connectivity index (χ0n) is 8.41. The van der Waals surface area contributed by atoms with Crippen LogP contribution in [-0.4, -0.2) is 12.5 Å². The lowest BCUT2D eigenvalue weighted by Gasteiger charge is -2.10. The van der Waals surface area contributed by atoms with Crippen molar-refractivity contribution in [2.24, 2.45) is 0 Å². The lowest BCUT2D eigenvalue weighted by atomic mass is 10.2. The van der Waals surface area contributed by atoms with Gasteiger partial charge < -0.3 is 10.1 Å². The van der Waals surface area contributed by atoms with Crippen LogP contribution in [0.4, 0.5) is 18.9 Å². The zero-order chi connectivity index (χ0) is 12.8. The number of alkyl halides is 2. The molecule has 0 aliphatic carbocycles. The Morgan fingerprint density at radius 3 is 2.82 bits per heavy atom. The Morgan fingerprint density at radius 1 is 1.53 bits per heavy atom. The Morgan fingerprint density at radius 2 is 2.24 bits per heavy atom. The van der Waals surface area contributed by atoms with Gasteiger partial charge in [0.25, 0.3) is 0 Å². The van der Waals surface area contributed by atoms with Crippen LogP contribution >= 0.6 is 0 Å². The highest BCUT2D eigenvalue weighted by atomic mass is 19.3. The summed E-state index contributed by atoms with van der Waals surface area (Å²) in [6, 6.07) is 4.27. The zero-order valence-corrected chi connectivity index (χ0v) is 8.41. The van der Waals surface area contributed by atoms with E-state index in [1.165, 1.54) is 0 Å². The van der Waals surface area contributed by atoms with Crippen LogP contribution in [-0.2, 0) is 4.79 Å². The van der Waals surface area contributed by atoms with E-state index in [1.54, 1.807) is 6.07 Å². The number of carbonyl (C=O) groups excluding carboxylic acids is 1. The Kier molecular flexibility index (Phi) is 4.34. The van der Waals surface area contributed by atoms with Crippen LogP contribution in [0.5, 0.6) is 5.75 Å². The largest absolute Gasteiger partial charge is 0.433 e. The van der Waals surface area contributed by atoms with Gasteiger partial charge in [-0.15, -0.1) is 0 Å². The normalized spacial score (nSPS) is 9.82. The number of halogens is 3. The van der Waals surface area contributed by atoms with Crippen molar-refractivity contribution in [1.82, 2.24) is 0 Å². The molecule has 1 N–H and O–H groups in total. The van der Waals surface area contributed by atoms with Gasteiger partial charge in [-0.2, -0.15) is 14.0 Å². The van der Waals surface area contributed by atoms with Gasteiger partial charge in [0.15, 0.2) is 0 Å². The minimum atomic E-state index is -3.09. The summed E-state index contributed by atoms with van der Waals surface area (Å²) < 4.78 is 41.0. The number of benzene rings is 1. The second-order valence-electron chi connectivity index (χ2n) is 2.90. The molecule has 4 nitrogen and oxygen atoms in total. The predicted molar refractivity (Wildman–Crippen MR) is 51.9 cm³/mol. The fourth-order valence-electron chi connectivity index (χ4n) is 1.06. The maximum absolute atomic E-state index is 12.9. The number of hydrogen-bond donors (Lipinski definition) is 1. The number of hydrogen-bond acceptors (Lipinski definition) is 3. The number of nitriles is 1. The Bertz CT molecular complexity index is 457. The van der Waals surface area contributed by atoms with Crippen molar-refractivity contribution in [2.75, 3.05) is 5.32 Å². The fourth-order valence-corrected chi connectivity index (χ4v) is 1.06. The van der Waals surface area contributed by atoms with E-state index in [0.29, 0.717) is 0 Å². The van der Waals surface area contributed by atoms with Crippen LogP contribution in [0.1, 0.15) is 6.42 Å². The van der Waals surface area contributed by atoms with E-state index in [-0.39, 0.29) is 11.4 Å². The van der Waals surface area contributed by atoms with Crippen LogP contribution in [0.2, 0.25) is 0 Å². The van der Waals surface area contributed by atoms with Crippen molar-refractivity contribution < 1.29 is 22.7 Å². The van der Waals surface area contributed by atoms with Gasteiger partial charge in [0.05, 0.1) is 11.8 Å². The molecule has 0 saturated carbocycles. The highest BCUT2D eigenvalue weighted by molar-refractivity contribution is 5.93. The van der Waals surface area contributed by atoms with Crippen LogP contribution in [0.15, 0.2) is 18.2 Å². The highest BCUT2D eigenvalue weighted by Crippen LogP contribution is 2.26. The number of amides is 1. The van der Waals surface area contributed by atoms with Gasteiger partial charge in [-0.05, 0) is 12.1 Å². The number of nitrogens with zero attached hydrogens (tertiary/aromatic N) is 1. The topological polar surface area (TPSA) is 62.1 Å². The van der Waals surface area contributed by atoms with Gasteiger partial charge in [0, 0.05) is 6.07 Å². The third-order valence-corrected chi connectivity index (χ3v) is 1.67. The van der Waals surface area contributed by atoms with Crippen LogP contribution < -0.4 is 10.1 Å². The molecule has 0 spiro atoms. The molecule has 0 atom stereocenters. The van der Waals surface area contributed by atoms with Crippen LogP contribution in [0.25, 0.3) is 0 Å². The van der Waals surface area contributed by atoms with Gasteiger partial charge in [0.2, 0.25) is 5.91 Å². The van der Waals surface area contributed by atoms with Gasteiger partial charge in [-0.1, -0.05) is 0 Å². The molecule has 1 aromatic rings. The number of rotatable bonds is 4. The summed E-state index contributed by atoms with van der Waals surface area (Å²) in [6.07, 6.45) is -0.468. The number of nitrogens with one attached hydrogen (secondary N) is 1. The first-order valence-corrected chi connectivity index (χ1v) is 4.44. The Hall–Kier alpha value is -2.23. The number of ether oxygens (including phenoxy) is 1. The van der Waals surface area contributed by atoms with Gasteiger partial charge in [-0.25, -0.2) is 4.39 Å². The second kappa shape index (κ2) is 5.75. The van der Waals surface area contributed by atoms with Crippen LogP contribution in [0.3, 0.4) is 0 Å². The summed E-state index contributed by atoms with van der Waals surface area (Å²) in [5.74, 6) is -1.83. The number of carbonyl (C=O) groups is 1. The molecule has 0 aliphatic rings. The molecule has 1 aromatic carbocycles. The molecule has 0 heterocycles. The minimum Gasteiger partial charge on any atom is -0.433 e. The molecule has 17 heavy (non-hydrogen) atoms. The van der Waals surface area contributed by atoms with E-state index in [4.69, 9.17) is 5.26 Å². The van der Waals surface area contributed by atoms with E-state index < -0.39 is 24.8 Å². The molecule has 0 saturated heterocycles. The Balaban J connectivity index is 2.91. The van der Waals surface area contributed by atoms with Crippen LogP contribution in [0, 0.1) is 17.1 Å². The first kappa shape index (κ1) is 12.8. The highest BCUT2D eigenvalue weighted by Gasteiger charge is 2.12. The lowest BCUT2D eigenvalue weighted by molar-refractivity contribution is -0.115. The number of anilines is 1. The van der Waals surface area contributed by atoms with Gasteiger partial charge >= 0.3 is 6.61 Å². The molecule has 7 heteroatoms. The SMILES string of the molecule is N#CCC(=O)Nc1cc(F)ccc1OC(F)F. The monoisotopic (exact) mass is 244 g/mol. The van der Waals surface area contributed by atoms with Crippen molar-refractivity contribution in [3.8, 4) is 11.8 Å². The van der Waals surface area contributed by atoms with Crippen molar-refractivity contribution in [2.45, 2.75) is 13.0 Å². The molecule has 0 aromatic heterocycles. The summed E-state index contributed by atoms with van der Waals surface area (Å²) in [5.41, 5.74) is -0.245. The standard InChI is InChI=1S/C10H7F3N2O2/c11-6-1-2-8(17-10(12)13)7(5-6)15-9(16)3-4-14/h1-2,5,10H,3H2,(H,15,16). The molecule has 0 bridgehead atoms. The van der Waals surface area contributed by atoms with E-state index in [9.17, 15) is 18.0 Å². The Labute approximate surface area is 94.6 Å². The quantitative estimate of drug-likeness (QED) is 0.883. The maximum Gasteiger partial charge on any atom is 0.387 e. The van der Waals surface area contributed by atoms with Crippen molar-refractivity contribution in [3.63, 3.8) is 0 Å². The summed E-state index contributed by atoms with van der Waals surface area (Å²) in [5, 5.41) is 10.3. The van der Waals surface area contributed by atoms with Crippen molar-refractivity contribution in [1.29, 1.82) is 5.26 Å². The summed E-state index contributed by atoms with van der Waals surface area (Å²) >= 11 is 0. The van der Waals surface area contributed by atoms with E-state index in [0.717, 1.165) is 18.2 Å². The average molecular weight is 244 g/mol. The fraction of sp³-hybridized carbons (Fsp3) is 0.200. The molecule has 90 valence electrons. The molecule has 1 rings (SSSR count). The molecule has 0 unspecified atom stereocenters. The summed E-state index contributed by atoms with van der Waals surface area (Å²) in [4.78, 5) is 11.1. The molecule has 0 radical (unpaired) electrons. The third kappa shape index (κ3) is 4.03. The van der Waals surface area contributed by atoms with Crippen molar-refractivity contribution in [3.05, 3.63) is 24.0 Å². The van der Waals surface area contributed by atoms with E-state index in [1.807, 2.05) is 0 Å². The van der Waals surface area contributed by atoms with Gasteiger partial charge in [0.1, 0.15) is 18.0 Å². The first-order chi connectivity index (χ1) is 8.02. The summed E-state index contributed by atoms with van der Waals surface area (Å²) in [6.45, 7) is -3.09. The molecule has 0 aliphatic heterocycles. The average Bonchev–Trinajstić information content (AvgIpc) is 2.22. The molecule has 0 fully saturated rings. The van der Waals surface area contributed by atoms with Gasteiger partial charge in [-0.3, -0.25) is 4.79 Å². The maximum atomic E-state index is 12.9. The third-order valence-electron chi connectivity index (χ3n) is 1.67. The molecular weight excluding hydrogens is 237 g/mol. The van der Waals surface area contributed by atoms with Crippen molar-refractivity contribution >= 4 is 11.6 Å². The first-order valence-electron chi connectivity index (χ1n) is 4.44. The van der Waals surface area contributed by atoms with E-state index in [2.05, 4.69) is 10.1 Å². The second-order valence-corrected chi connectivity index (χ2v) is 2.90. The lowest BCUT2D eigenvalue weighted by Crippen LogP contribution is -2.13. The summed E-state index contributed by atoms with van der Waals surface area (Å²) in [7, 11) is 0. The van der Waals surface area contributed by atoms with E-state index >= 15 is 0 Å². The molecule has 1 amide bonds.